The molecule has 2 aromatic rings. The average molecular weight is 205 g/mol. The van der Waals surface area contributed by atoms with Crippen LogP contribution >= 0.6 is 0 Å². The zero-order valence-electron chi connectivity index (χ0n) is 7.84. The molecule has 2 aromatic heterocycles. The van der Waals surface area contributed by atoms with Gasteiger partial charge in [0.25, 0.3) is 0 Å². The van der Waals surface area contributed by atoms with Crippen molar-refractivity contribution in [3.63, 3.8) is 0 Å². The van der Waals surface area contributed by atoms with Gasteiger partial charge in [0.05, 0.1) is 5.56 Å². The van der Waals surface area contributed by atoms with Gasteiger partial charge in [0.1, 0.15) is 0 Å². The summed E-state index contributed by atoms with van der Waals surface area (Å²) in [5.41, 5.74) is 0.613. The van der Waals surface area contributed by atoms with Crippen LogP contribution in [0.25, 0.3) is 11.4 Å². The van der Waals surface area contributed by atoms with Crippen LogP contribution in [0.4, 0.5) is 0 Å². The summed E-state index contributed by atoms with van der Waals surface area (Å²) in [7, 11) is 0. The molecule has 0 atom stereocenters. The number of aromatic nitrogens is 3. The Labute approximate surface area is 84.6 Å². The highest BCUT2D eigenvalue weighted by Gasteiger charge is 2.09. The van der Waals surface area contributed by atoms with E-state index in [1.807, 2.05) is 0 Å². The molecule has 0 unspecified atom stereocenters. The number of pyridine rings is 1. The Hall–Kier alpha value is -2.24. The Morgan fingerprint density at radius 2 is 2.27 bits per heavy atom. The SMILES string of the molecule is Cc1nc(-c2cncc(C(=O)O)c2)no1. The molecule has 0 aromatic carbocycles. The molecule has 0 spiro atoms. The number of hydrogen-bond acceptors (Lipinski definition) is 5. The number of carboxylic acid groups (broad SMARTS) is 1. The number of hydrogen-bond donors (Lipinski definition) is 1. The van der Waals surface area contributed by atoms with E-state index in [2.05, 4.69) is 15.1 Å². The topological polar surface area (TPSA) is 89.1 Å². The van der Waals surface area contributed by atoms with Crippen molar-refractivity contribution >= 4 is 5.97 Å². The Morgan fingerprint density at radius 1 is 1.47 bits per heavy atom. The van der Waals surface area contributed by atoms with Crippen LogP contribution in [0.3, 0.4) is 0 Å². The monoisotopic (exact) mass is 205 g/mol. The molecule has 0 saturated heterocycles. The van der Waals surface area contributed by atoms with Crippen molar-refractivity contribution < 1.29 is 14.4 Å². The summed E-state index contributed by atoms with van der Waals surface area (Å²) >= 11 is 0. The fraction of sp³-hybridized carbons (Fsp3) is 0.111. The van der Waals surface area contributed by atoms with E-state index in [1.165, 1.54) is 18.5 Å². The number of aryl methyl sites for hydroxylation is 1. The third kappa shape index (κ3) is 1.83. The summed E-state index contributed by atoms with van der Waals surface area (Å²) in [6.07, 6.45) is 2.75. The molecule has 0 radical (unpaired) electrons. The van der Waals surface area contributed by atoms with Crippen LogP contribution in [0.15, 0.2) is 23.0 Å². The van der Waals surface area contributed by atoms with Crippen molar-refractivity contribution in [2.45, 2.75) is 6.92 Å². The minimum atomic E-state index is -1.04. The third-order valence-corrected chi connectivity index (χ3v) is 1.77. The molecule has 6 heteroatoms. The number of nitrogens with zero attached hydrogens (tertiary/aromatic N) is 3. The Kier molecular flexibility index (Phi) is 2.17. The van der Waals surface area contributed by atoms with E-state index in [1.54, 1.807) is 6.92 Å². The number of carboxylic acids is 1. The molecular formula is C9H7N3O3. The first-order valence-corrected chi connectivity index (χ1v) is 4.16. The van der Waals surface area contributed by atoms with E-state index in [0.717, 1.165) is 0 Å². The molecule has 15 heavy (non-hydrogen) atoms. The number of rotatable bonds is 2. The highest BCUT2D eigenvalue weighted by Crippen LogP contribution is 2.15. The molecule has 1 N–H and O–H groups in total. The summed E-state index contributed by atoms with van der Waals surface area (Å²) < 4.78 is 4.78. The van der Waals surface area contributed by atoms with Gasteiger partial charge in [-0.25, -0.2) is 4.79 Å². The van der Waals surface area contributed by atoms with Gasteiger partial charge in [0.2, 0.25) is 11.7 Å². The molecule has 0 fully saturated rings. The summed E-state index contributed by atoms with van der Waals surface area (Å²) in [6.45, 7) is 1.66. The van der Waals surface area contributed by atoms with Gasteiger partial charge in [-0.2, -0.15) is 4.98 Å². The first kappa shape index (κ1) is 9.32. The van der Waals surface area contributed by atoms with Crippen molar-refractivity contribution in [1.29, 1.82) is 0 Å². The summed E-state index contributed by atoms with van der Waals surface area (Å²) in [5, 5.41) is 12.4. The van der Waals surface area contributed by atoms with Crippen molar-refractivity contribution in [3.05, 3.63) is 29.9 Å². The van der Waals surface area contributed by atoms with E-state index in [4.69, 9.17) is 9.63 Å². The lowest BCUT2D eigenvalue weighted by Gasteiger charge is -1.95. The van der Waals surface area contributed by atoms with Crippen LogP contribution < -0.4 is 0 Å². The fourth-order valence-corrected chi connectivity index (χ4v) is 1.10. The van der Waals surface area contributed by atoms with Crippen molar-refractivity contribution in [2.75, 3.05) is 0 Å². The summed E-state index contributed by atoms with van der Waals surface area (Å²) in [5.74, 6) is -0.279. The van der Waals surface area contributed by atoms with E-state index < -0.39 is 5.97 Å². The number of carbonyl (C=O) groups is 1. The number of aromatic carboxylic acids is 1. The van der Waals surface area contributed by atoms with Crippen LogP contribution in [0.2, 0.25) is 0 Å². The van der Waals surface area contributed by atoms with Gasteiger partial charge >= 0.3 is 5.97 Å². The standard InChI is InChI=1S/C9H7N3O3/c1-5-11-8(12-15-5)6-2-7(9(13)14)4-10-3-6/h2-4H,1H3,(H,13,14). The van der Waals surface area contributed by atoms with Crippen LogP contribution in [-0.2, 0) is 0 Å². The normalized spacial score (nSPS) is 10.2. The van der Waals surface area contributed by atoms with Crippen LogP contribution in [-0.4, -0.2) is 26.2 Å². The smallest absolute Gasteiger partial charge is 0.337 e. The predicted molar refractivity (Wildman–Crippen MR) is 49.2 cm³/mol. The van der Waals surface area contributed by atoms with Gasteiger partial charge in [-0.05, 0) is 6.07 Å². The molecule has 76 valence electrons. The Morgan fingerprint density at radius 3 is 2.87 bits per heavy atom. The van der Waals surface area contributed by atoms with Crippen LogP contribution in [0.1, 0.15) is 16.2 Å². The van der Waals surface area contributed by atoms with Gasteiger partial charge < -0.3 is 9.63 Å². The average Bonchev–Trinajstić information content (AvgIpc) is 2.65. The lowest BCUT2D eigenvalue weighted by molar-refractivity contribution is 0.0696. The second-order valence-electron chi connectivity index (χ2n) is 2.90. The van der Waals surface area contributed by atoms with Crippen molar-refractivity contribution in [3.8, 4) is 11.4 Å². The maximum absolute atomic E-state index is 10.7. The maximum Gasteiger partial charge on any atom is 0.337 e. The van der Waals surface area contributed by atoms with Crippen molar-refractivity contribution in [2.24, 2.45) is 0 Å². The first-order valence-electron chi connectivity index (χ1n) is 4.16. The van der Waals surface area contributed by atoms with E-state index >= 15 is 0 Å². The Balaban J connectivity index is 2.45. The Bertz CT molecular complexity index is 507. The fourth-order valence-electron chi connectivity index (χ4n) is 1.10. The highest BCUT2D eigenvalue weighted by atomic mass is 16.5. The van der Waals surface area contributed by atoms with Gasteiger partial charge in [-0.1, -0.05) is 5.16 Å². The van der Waals surface area contributed by atoms with E-state index in [9.17, 15) is 4.79 Å². The zero-order valence-corrected chi connectivity index (χ0v) is 7.84. The minimum absolute atomic E-state index is 0.0925. The van der Waals surface area contributed by atoms with E-state index in [-0.39, 0.29) is 5.56 Å². The van der Waals surface area contributed by atoms with Gasteiger partial charge in [-0.3, -0.25) is 4.98 Å². The summed E-state index contributed by atoms with van der Waals surface area (Å²) in [4.78, 5) is 18.4. The maximum atomic E-state index is 10.7. The molecule has 0 aliphatic carbocycles. The zero-order chi connectivity index (χ0) is 10.8. The molecule has 0 aliphatic heterocycles. The van der Waals surface area contributed by atoms with Gasteiger partial charge in [0.15, 0.2) is 0 Å². The molecule has 6 nitrogen and oxygen atoms in total. The molecule has 0 saturated carbocycles. The highest BCUT2D eigenvalue weighted by molar-refractivity contribution is 5.88. The molecule has 2 heterocycles. The van der Waals surface area contributed by atoms with Crippen LogP contribution in [0.5, 0.6) is 0 Å². The van der Waals surface area contributed by atoms with Crippen molar-refractivity contribution in [1.82, 2.24) is 15.1 Å². The predicted octanol–water partition coefficient (Wildman–Crippen LogP) is 1.14. The largest absolute Gasteiger partial charge is 0.478 e. The first-order chi connectivity index (χ1) is 7.16. The van der Waals surface area contributed by atoms with E-state index in [0.29, 0.717) is 17.3 Å². The third-order valence-electron chi connectivity index (χ3n) is 1.77. The molecule has 0 amide bonds. The molecule has 0 bridgehead atoms. The lowest BCUT2D eigenvalue weighted by atomic mass is 10.2. The van der Waals surface area contributed by atoms with Gasteiger partial charge in [-0.15, -0.1) is 0 Å². The molecule has 2 rings (SSSR count). The molecule has 0 aliphatic rings. The van der Waals surface area contributed by atoms with Crippen LogP contribution in [0, 0.1) is 6.92 Å². The lowest BCUT2D eigenvalue weighted by Crippen LogP contribution is -1.97. The molecular weight excluding hydrogens is 198 g/mol. The second-order valence-corrected chi connectivity index (χ2v) is 2.90. The quantitative estimate of drug-likeness (QED) is 0.790. The second kappa shape index (κ2) is 3.49. The van der Waals surface area contributed by atoms with Gasteiger partial charge in [0, 0.05) is 24.9 Å². The minimum Gasteiger partial charge on any atom is -0.478 e. The summed E-state index contributed by atoms with van der Waals surface area (Å²) in [6, 6.07) is 1.44.